The van der Waals surface area contributed by atoms with Crippen LogP contribution in [0, 0.1) is 12.8 Å². The molecule has 7 nitrogen and oxygen atoms in total. The summed E-state index contributed by atoms with van der Waals surface area (Å²) in [5, 5.41) is 7.76. The van der Waals surface area contributed by atoms with Gasteiger partial charge in [0.05, 0.1) is 10.8 Å². The third-order valence-corrected chi connectivity index (χ3v) is 5.28. The molecule has 0 bridgehead atoms. The van der Waals surface area contributed by atoms with E-state index in [0.29, 0.717) is 12.2 Å². The molecule has 1 fully saturated rings. The van der Waals surface area contributed by atoms with Crippen LogP contribution in [0.4, 0.5) is 11.4 Å². The molecule has 1 atom stereocenters. The lowest BCUT2D eigenvalue weighted by Gasteiger charge is -2.19. The molecule has 26 heavy (non-hydrogen) atoms. The SMILES string of the molecule is Cc1ccccc1N1CC(C(=O)Nc2ccc(S(N)(=O)=O)cc2)CC1=O. The van der Waals surface area contributed by atoms with Gasteiger partial charge in [0.2, 0.25) is 21.8 Å². The Kier molecular flexibility index (Phi) is 4.80. The maximum atomic E-state index is 12.5. The lowest BCUT2D eigenvalue weighted by molar-refractivity contribution is -0.122. The predicted octanol–water partition coefficient (Wildman–Crippen LogP) is 1.63. The van der Waals surface area contributed by atoms with Gasteiger partial charge in [0.25, 0.3) is 0 Å². The van der Waals surface area contributed by atoms with Crippen molar-refractivity contribution in [3.8, 4) is 0 Å². The Morgan fingerprint density at radius 1 is 1.15 bits per heavy atom. The minimum absolute atomic E-state index is 0.0303. The Balaban J connectivity index is 1.70. The van der Waals surface area contributed by atoms with Gasteiger partial charge in [-0.05, 0) is 42.8 Å². The van der Waals surface area contributed by atoms with E-state index in [1.54, 1.807) is 4.90 Å². The van der Waals surface area contributed by atoms with Crippen LogP contribution < -0.4 is 15.4 Å². The summed E-state index contributed by atoms with van der Waals surface area (Å²) in [6, 6.07) is 13.1. The number of para-hydroxylation sites is 1. The zero-order chi connectivity index (χ0) is 18.9. The van der Waals surface area contributed by atoms with Crippen LogP contribution in [-0.2, 0) is 19.6 Å². The Bertz CT molecular complexity index is 955. The predicted molar refractivity (Wildman–Crippen MR) is 98.1 cm³/mol. The average molecular weight is 373 g/mol. The minimum atomic E-state index is -3.78. The molecule has 136 valence electrons. The molecule has 1 saturated heterocycles. The molecule has 3 N–H and O–H groups in total. The molecule has 1 aliphatic rings. The Hall–Kier alpha value is -2.71. The molecule has 1 unspecified atom stereocenters. The number of anilines is 2. The number of sulfonamides is 1. The van der Waals surface area contributed by atoms with E-state index in [9.17, 15) is 18.0 Å². The van der Waals surface area contributed by atoms with Crippen LogP contribution in [0.1, 0.15) is 12.0 Å². The van der Waals surface area contributed by atoms with Gasteiger partial charge in [0.15, 0.2) is 0 Å². The summed E-state index contributed by atoms with van der Waals surface area (Å²) in [6.45, 7) is 2.23. The first-order chi connectivity index (χ1) is 12.3. The van der Waals surface area contributed by atoms with Crippen molar-refractivity contribution in [2.75, 3.05) is 16.8 Å². The summed E-state index contributed by atoms with van der Waals surface area (Å²) < 4.78 is 22.5. The van der Waals surface area contributed by atoms with Gasteiger partial charge >= 0.3 is 0 Å². The van der Waals surface area contributed by atoms with Gasteiger partial charge in [-0.1, -0.05) is 18.2 Å². The van der Waals surface area contributed by atoms with E-state index in [0.717, 1.165) is 11.3 Å². The molecule has 2 aromatic carbocycles. The van der Waals surface area contributed by atoms with Crippen molar-refractivity contribution in [1.29, 1.82) is 0 Å². The summed E-state index contributed by atoms with van der Waals surface area (Å²) in [6.07, 6.45) is 0.134. The number of carbonyl (C=O) groups excluding carboxylic acids is 2. The minimum Gasteiger partial charge on any atom is -0.326 e. The van der Waals surface area contributed by atoms with E-state index in [1.807, 2.05) is 31.2 Å². The zero-order valence-corrected chi connectivity index (χ0v) is 15.0. The van der Waals surface area contributed by atoms with E-state index in [1.165, 1.54) is 24.3 Å². The van der Waals surface area contributed by atoms with Crippen LogP contribution in [-0.4, -0.2) is 26.8 Å². The smallest absolute Gasteiger partial charge is 0.238 e. The Morgan fingerprint density at radius 3 is 2.42 bits per heavy atom. The number of primary sulfonamides is 1. The maximum Gasteiger partial charge on any atom is 0.238 e. The van der Waals surface area contributed by atoms with Crippen LogP contribution in [0.5, 0.6) is 0 Å². The lowest BCUT2D eigenvalue weighted by atomic mass is 10.1. The van der Waals surface area contributed by atoms with Crippen molar-refractivity contribution in [2.24, 2.45) is 11.1 Å². The van der Waals surface area contributed by atoms with Gasteiger partial charge in [-0.2, -0.15) is 0 Å². The highest BCUT2D eigenvalue weighted by Crippen LogP contribution is 2.28. The average Bonchev–Trinajstić information content (AvgIpc) is 2.97. The summed E-state index contributed by atoms with van der Waals surface area (Å²) >= 11 is 0. The van der Waals surface area contributed by atoms with Crippen molar-refractivity contribution in [2.45, 2.75) is 18.2 Å². The van der Waals surface area contributed by atoms with Crippen molar-refractivity contribution in [1.82, 2.24) is 0 Å². The number of nitrogens with zero attached hydrogens (tertiary/aromatic N) is 1. The highest BCUT2D eigenvalue weighted by molar-refractivity contribution is 7.89. The number of benzene rings is 2. The van der Waals surface area contributed by atoms with E-state index < -0.39 is 15.9 Å². The first kappa shape index (κ1) is 18.1. The quantitative estimate of drug-likeness (QED) is 0.849. The number of amides is 2. The van der Waals surface area contributed by atoms with Gasteiger partial charge in [-0.3, -0.25) is 9.59 Å². The number of nitrogens with one attached hydrogen (secondary N) is 1. The molecule has 2 aromatic rings. The zero-order valence-electron chi connectivity index (χ0n) is 14.2. The fourth-order valence-corrected chi connectivity index (χ4v) is 3.47. The monoisotopic (exact) mass is 373 g/mol. The third kappa shape index (κ3) is 3.76. The molecule has 0 saturated carbocycles. The number of nitrogens with two attached hydrogens (primary N) is 1. The summed E-state index contributed by atoms with van der Waals surface area (Å²) in [4.78, 5) is 26.4. The molecule has 1 aliphatic heterocycles. The van der Waals surface area contributed by atoms with E-state index in [-0.39, 0.29) is 23.1 Å². The molecular weight excluding hydrogens is 354 g/mol. The molecule has 1 heterocycles. The topological polar surface area (TPSA) is 110 Å². The molecule has 0 spiro atoms. The Labute approximate surface area is 151 Å². The largest absolute Gasteiger partial charge is 0.326 e. The van der Waals surface area contributed by atoms with Gasteiger partial charge in [0, 0.05) is 24.3 Å². The third-order valence-electron chi connectivity index (χ3n) is 4.35. The summed E-state index contributed by atoms with van der Waals surface area (Å²) in [5.41, 5.74) is 2.23. The lowest BCUT2D eigenvalue weighted by Crippen LogP contribution is -2.28. The normalized spacial score (nSPS) is 17.4. The first-order valence-corrected chi connectivity index (χ1v) is 9.60. The van der Waals surface area contributed by atoms with Crippen molar-refractivity contribution in [3.63, 3.8) is 0 Å². The molecular formula is C18H19N3O4S. The summed E-state index contributed by atoms with van der Waals surface area (Å²) in [5.74, 6) is -0.846. The van der Waals surface area contributed by atoms with Crippen LogP contribution in [0.2, 0.25) is 0 Å². The second-order valence-electron chi connectivity index (χ2n) is 6.25. The van der Waals surface area contributed by atoms with Crippen molar-refractivity contribution < 1.29 is 18.0 Å². The first-order valence-electron chi connectivity index (χ1n) is 8.05. The molecule has 2 amide bonds. The van der Waals surface area contributed by atoms with Crippen LogP contribution in [0.3, 0.4) is 0 Å². The number of hydrogen-bond acceptors (Lipinski definition) is 4. The van der Waals surface area contributed by atoms with Crippen LogP contribution >= 0.6 is 0 Å². The fraction of sp³-hybridized carbons (Fsp3) is 0.222. The van der Waals surface area contributed by atoms with E-state index >= 15 is 0 Å². The molecule has 0 aliphatic carbocycles. The number of aryl methyl sites for hydroxylation is 1. The van der Waals surface area contributed by atoms with Crippen molar-refractivity contribution >= 4 is 33.2 Å². The van der Waals surface area contributed by atoms with Crippen molar-refractivity contribution in [3.05, 3.63) is 54.1 Å². The fourth-order valence-electron chi connectivity index (χ4n) is 2.95. The van der Waals surface area contributed by atoms with Gasteiger partial charge in [-0.15, -0.1) is 0 Å². The van der Waals surface area contributed by atoms with E-state index in [2.05, 4.69) is 5.32 Å². The molecule has 3 rings (SSSR count). The maximum absolute atomic E-state index is 12.5. The second-order valence-corrected chi connectivity index (χ2v) is 7.81. The second kappa shape index (κ2) is 6.89. The number of carbonyl (C=O) groups is 2. The van der Waals surface area contributed by atoms with Gasteiger partial charge < -0.3 is 10.2 Å². The van der Waals surface area contributed by atoms with Crippen LogP contribution in [0.25, 0.3) is 0 Å². The standard InChI is InChI=1S/C18H19N3O4S/c1-12-4-2-3-5-16(12)21-11-13(10-17(21)22)18(23)20-14-6-8-15(9-7-14)26(19,24)25/h2-9,13H,10-11H2,1H3,(H,20,23)(H2,19,24,25). The molecule has 8 heteroatoms. The highest BCUT2D eigenvalue weighted by Gasteiger charge is 2.35. The number of hydrogen-bond donors (Lipinski definition) is 2. The molecule has 0 aromatic heterocycles. The number of rotatable bonds is 4. The van der Waals surface area contributed by atoms with Gasteiger partial charge in [0.1, 0.15) is 0 Å². The van der Waals surface area contributed by atoms with Crippen LogP contribution in [0.15, 0.2) is 53.4 Å². The summed E-state index contributed by atoms with van der Waals surface area (Å²) in [7, 11) is -3.78. The van der Waals surface area contributed by atoms with E-state index in [4.69, 9.17) is 5.14 Å². The molecule has 0 radical (unpaired) electrons. The van der Waals surface area contributed by atoms with Gasteiger partial charge in [-0.25, -0.2) is 13.6 Å². The Morgan fingerprint density at radius 2 is 1.81 bits per heavy atom. The highest BCUT2D eigenvalue weighted by atomic mass is 32.2.